The van der Waals surface area contributed by atoms with Crippen LogP contribution in [0.5, 0.6) is 0 Å². The first-order valence-corrected chi connectivity index (χ1v) is 13.0. The first-order chi connectivity index (χ1) is 17.1. The summed E-state index contributed by atoms with van der Waals surface area (Å²) in [5.41, 5.74) is 2.69. The van der Waals surface area contributed by atoms with Crippen molar-refractivity contribution in [2.75, 3.05) is 13.1 Å². The van der Waals surface area contributed by atoms with Crippen molar-refractivity contribution in [3.8, 4) is 23.7 Å². The number of hydrogen-bond acceptors (Lipinski definition) is 5. The molecule has 2 aliphatic rings. The summed E-state index contributed by atoms with van der Waals surface area (Å²) in [6.45, 7) is 6.61. The summed E-state index contributed by atoms with van der Waals surface area (Å²) in [5, 5.41) is 8.20. The Morgan fingerprint density at radius 1 is 0.800 bits per heavy atom. The average Bonchev–Trinajstić information content (AvgIpc) is 3.66. The van der Waals surface area contributed by atoms with Crippen LogP contribution in [0.1, 0.15) is 72.3 Å². The van der Waals surface area contributed by atoms with Gasteiger partial charge in [-0.15, -0.1) is 11.3 Å². The van der Waals surface area contributed by atoms with Crippen molar-refractivity contribution in [3.05, 3.63) is 70.1 Å². The zero-order valence-corrected chi connectivity index (χ0v) is 20.7. The minimum absolute atomic E-state index is 0.305. The van der Waals surface area contributed by atoms with Crippen LogP contribution in [-0.2, 0) is 0 Å². The Hall–Kier alpha value is -3.36. The van der Waals surface area contributed by atoms with E-state index in [9.17, 15) is 0 Å². The van der Waals surface area contributed by atoms with Gasteiger partial charge in [-0.3, -0.25) is 0 Å². The van der Waals surface area contributed by atoms with Gasteiger partial charge in [-0.1, -0.05) is 25.8 Å². The first kappa shape index (κ1) is 22.1. The van der Waals surface area contributed by atoms with Crippen LogP contribution in [0.25, 0.3) is 10.1 Å². The molecule has 4 N–H and O–H groups in total. The van der Waals surface area contributed by atoms with Crippen LogP contribution in [0.4, 0.5) is 0 Å². The third-order valence-electron chi connectivity index (χ3n) is 6.73. The van der Waals surface area contributed by atoms with Crippen molar-refractivity contribution in [2.24, 2.45) is 11.8 Å². The first-order valence-electron chi connectivity index (χ1n) is 12.2. The minimum atomic E-state index is 0.305. The van der Waals surface area contributed by atoms with Crippen molar-refractivity contribution in [2.45, 2.75) is 38.8 Å². The summed E-state index contributed by atoms with van der Waals surface area (Å²) in [6.07, 6.45) is 5.88. The summed E-state index contributed by atoms with van der Waals surface area (Å²) >= 11 is 1.69. The number of nitrogens with zero attached hydrogens (tertiary/aromatic N) is 2. The summed E-state index contributed by atoms with van der Waals surface area (Å²) < 4.78 is 1.19. The van der Waals surface area contributed by atoms with Crippen molar-refractivity contribution in [3.63, 3.8) is 0 Å². The molecule has 0 aliphatic carbocycles. The second-order valence-corrected chi connectivity index (χ2v) is 10.9. The van der Waals surface area contributed by atoms with E-state index >= 15 is 0 Å². The molecule has 5 heterocycles. The third kappa shape index (κ3) is 4.90. The van der Waals surface area contributed by atoms with Gasteiger partial charge in [-0.2, -0.15) is 0 Å². The van der Waals surface area contributed by atoms with Gasteiger partial charge in [-0.05, 0) is 79.1 Å². The molecule has 0 saturated carbocycles. The highest BCUT2D eigenvalue weighted by atomic mass is 32.1. The second kappa shape index (κ2) is 9.36. The van der Waals surface area contributed by atoms with Crippen molar-refractivity contribution in [1.82, 2.24) is 30.6 Å². The molecule has 0 amide bonds. The molecular formula is C28H28N6S. The maximum absolute atomic E-state index is 4.53. The van der Waals surface area contributed by atoms with E-state index in [1.54, 1.807) is 11.3 Å². The number of aromatic nitrogens is 4. The molecule has 7 heteroatoms. The number of rotatable bonds is 2. The van der Waals surface area contributed by atoms with Crippen LogP contribution in [0.3, 0.4) is 0 Å². The van der Waals surface area contributed by atoms with Gasteiger partial charge < -0.3 is 20.6 Å². The molecule has 6 rings (SSSR count). The standard InChI is InChI=1S/C28H28N6S/c1-17-9-24(29-13-17)27-31-15-21(33-27)6-4-19-3-5-20-12-23(35-26(20)11-19)8-7-22-16-32-28(34-22)25-10-18(2)14-30-25/h3,5,11-12,15-18,24-25,29-30H,9-10,13-14H2,1-2H3,(H,31,33)(H,32,34). The van der Waals surface area contributed by atoms with E-state index in [0.717, 1.165) is 59.4 Å². The SMILES string of the molecule is CC1CNC(c2ncc(C#Cc3ccc4cc(C#Cc5cnc(C6CC(C)CN6)[nH]5)sc4c3)[nH]2)C1. The lowest BCUT2D eigenvalue weighted by molar-refractivity contribution is 0.587. The zero-order chi connectivity index (χ0) is 23.8. The molecule has 2 fully saturated rings. The summed E-state index contributed by atoms with van der Waals surface area (Å²) in [6, 6.07) is 9.06. The van der Waals surface area contributed by atoms with E-state index in [1.165, 1.54) is 10.1 Å². The second-order valence-electron chi connectivity index (χ2n) is 9.83. The predicted molar refractivity (Wildman–Crippen MR) is 140 cm³/mol. The predicted octanol–water partition coefficient (Wildman–Crippen LogP) is 4.49. The van der Waals surface area contributed by atoms with Gasteiger partial charge in [0.1, 0.15) is 23.0 Å². The number of H-pyrrole nitrogens is 2. The molecule has 35 heavy (non-hydrogen) atoms. The largest absolute Gasteiger partial charge is 0.334 e. The summed E-state index contributed by atoms with van der Waals surface area (Å²) in [7, 11) is 0. The van der Waals surface area contributed by atoms with Gasteiger partial charge in [-0.25, -0.2) is 9.97 Å². The number of hydrogen-bond donors (Lipinski definition) is 4. The Bertz CT molecular complexity index is 1410. The van der Waals surface area contributed by atoms with Crippen molar-refractivity contribution >= 4 is 21.4 Å². The van der Waals surface area contributed by atoms with Crippen molar-refractivity contribution < 1.29 is 0 Å². The summed E-state index contributed by atoms with van der Waals surface area (Å²) in [5.74, 6) is 16.4. The highest BCUT2D eigenvalue weighted by Gasteiger charge is 2.24. The monoisotopic (exact) mass is 480 g/mol. The number of fused-ring (bicyclic) bond motifs is 1. The molecule has 4 unspecified atom stereocenters. The Morgan fingerprint density at radius 2 is 1.43 bits per heavy atom. The average molecular weight is 481 g/mol. The smallest absolute Gasteiger partial charge is 0.124 e. The van der Waals surface area contributed by atoms with E-state index in [4.69, 9.17) is 0 Å². The van der Waals surface area contributed by atoms with Crippen LogP contribution in [-0.4, -0.2) is 33.0 Å². The van der Waals surface area contributed by atoms with Crippen LogP contribution in [0.15, 0.2) is 36.7 Å². The lowest BCUT2D eigenvalue weighted by Gasteiger charge is -2.05. The Balaban J connectivity index is 1.15. The van der Waals surface area contributed by atoms with Gasteiger partial charge in [0.15, 0.2) is 0 Å². The maximum Gasteiger partial charge on any atom is 0.124 e. The van der Waals surface area contributed by atoms with E-state index < -0.39 is 0 Å². The molecule has 4 atom stereocenters. The number of nitrogens with one attached hydrogen (secondary N) is 4. The summed E-state index contributed by atoms with van der Waals surface area (Å²) in [4.78, 5) is 16.8. The fraction of sp³-hybridized carbons (Fsp3) is 0.357. The molecule has 4 aromatic rings. The van der Waals surface area contributed by atoms with E-state index in [2.05, 4.69) is 92.4 Å². The minimum Gasteiger partial charge on any atom is -0.334 e. The Morgan fingerprint density at radius 3 is 2.03 bits per heavy atom. The fourth-order valence-corrected chi connectivity index (χ4v) is 5.79. The molecule has 1 aromatic carbocycles. The van der Waals surface area contributed by atoms with Gasteiger partial charge in [0, 0.05) is 10.3 Å². The lowest BCUT2D eigenvalue weighted by Crippen LogP contribution is -2.14. The van der Waals surface area contributed by atoms with Gasteiger partial charge in [0.05, 0.1) is 29.4 Å². The number of aromatic amines is 2. The Kier molecular flexibility index (Phi) is 5.91. The van der Waals surface area contributed by atoms with E-state index in [0.29, 0.717) is 23.9 Å². The molecule has 0 radical (unpaired) electrons. The van der Waals surface area contributed by atoms with E-state index in [1.807, 2.05) is 12.4 Å². The number of thiophene rings is 1. The molecule has 0 spiro atoms. The quantitative estimate of drug-likeness (QED) is 0.319. The van der Waals surface area contributed by atoms with Crippen molar-refractivity contribution in [1.29, 1.82) is 0 Å². The zero-order valence-electron chi connectivity index (χ0n) is 19.9. The highest BCUT2D eigenvalue weighted by molar-refractivity contribution is 7.19. The topological polar surface area (TPSA) is 81.4 Å². The van der Waals surface area contributed by atoms with Crippen LogP contribution >= 0.6 is 11.3 Å². The van der Waals surface area contributed by atoms with E-state index in [-0.39, 0.29) is 0 Å². The molecule has 2 aliphatic heterocycles. The fourth-order valence-electron chi connectivity index (χ4n) is 4.83. The molecule has 6 nitrogen and oxygen atoms in total. The number of benzene rings is 1. The van der Waals surface area contributed by atoms with Crippen LogP contribution < -0.4 is 10.6 Å². The van der Waals surface area contributed by atoms with Gasteiger partial charge in [0.2, 0.25) is 0 Å². The Labute approximate surface area is 209 Å². The molecular weight excluding hydrogens is 452 g/mol. The van der Waals surface area contributed by atoms with Crippen LogP contribution in [0, 0.1) is 35.5 Å². The third-order valence-corrected chi connectivity index (χ3v) is 7.75. The number of imidazole rings is 2. The molecule has 3 aromatic heterocycles. The maximum atomic E-state index is 4.53. The van der Waals surface area contributed by atoms with Crippen LogP contribution in [0.2, 0.25) is 0 Å². The van der Waals surface area contributed by atoms with Gasteiger partial charge >= 0.3 is 0 Å². The highest BCUT2D eigenvalue weighted by Crippen LogP contribution is 2.27. The lowest BCUT2D eigenvalue weighted by atomic mass is 10.1. The van der Waals surface area contributed by atoms with Gasteiger partial charge in [0.25, 0.3) is 0 Å². The molecule has 0 bridgehead atoms. The normalized spacial score (nSPS) is 23.7. The molecule has 2 saturated heterocycles. The molecule has 176 valence electrons.